The van der Waals surface area contributed by atoms with Crippen molar-refractivity contribution in [3.05, 3.63) is 48.3 Å². The zero-order chi connectivity index (χ0) is 17.8. The van der Waals surface area contributed by atoms with Crippen LogP contribution in [0.1, 0.15) is 30.3 Å². The van der Waals surface area contributed by atoms with E-state index in [1.807, 2.05) is 55.4 Å². The third-order valence-electron chi connectivity index (χ3n) is 4.77. The highest BCUT2D eigenvalue weighted by atomic mass is 16.1. The van der Waals surface area contributed by atoms with Gasteiger partial charge in [0.05, 0.1) is 0 Å². The van der Waals surface area contributed by atoms with Gasteiger partial charge in [-0.25, -0.2) is 0 Å². The summed E-state index contributed by atoms with van der Waals surface area (Å²) >= 11 is 0. The lowest BCUT2D eigenvalue weighted by Crippen LogP contribution is -2.33. The Bertz CT molecular complexity index is 719. The molecule has 1 aliphatic heterocycles. The molecule has 0 bridgehead atoms. The number of amides is 1. The molecule has 0 atom stereocenters. The Morgan fingerprint density at radius 2 is 1.84 bits per heavy atom. The van der Waals surface area contributed by atoms with Gasteiger partial charge in [-0.1, -0.05) is 6.92 Å². The quantitative estimate of drug-likeness (QED) is 0.925. The molecule has 0 aliphatic carbocycles. The first-order chi connectivity index (χ1) is 12.0. The molecule has 0 unspecified atom stereocenters. The fourth-order valence-corrected chi connectivity index (χ4v) is 3.05. The van der Waals surface area contributed by atoms with Crippen molar-refractivity contribution < 1.29 is 4.79 Å². The zero-order valence-electron chi connectivity index (χ0n) is 15.2. The summed E-state index contributed by atoms with van der Waals surface area (Å²) in [6.45, 7) is 4.38. The molecule has 132 valence electrons. The molecule has 0 radical (unpaired) electrons. The van der Waals surface area contributed by atoms with E-state index in [1.54, 1.807) is 6.20 Å². The Morgan fingerprint density at radius 1 is 1.16 bits per heavy atom. The average molecular weight is 338 g/mol. The Hall–Kier alpha value is -2.56. The van der Waals surface area contributed by atoms with Crippen LogP contribution in [0.5, 0.6) is 0 Å². The Morgan fingerprint density at radius 3 is 2.48 bits per heavy atom. The van der Waals surface area contributed by atoms with Crippen LogP contribution in [0.2, 0.25) is 0 Å². The summed E-state index contributed by atoms with van der Waals surface area (Å²) in [6.07, 6.45) is 4.11. The summed E-state index contributed by atoms with van der Waals surface area (Å²) in [5.41, 5.74) is 3.40. The largest absolute Gasteiger partial charge is 0.378 e. The van der Waals surface area contributed by atoms with Crippen LogP contribution in [0, 0.1) is 5.92 Å². The molecular formula is C20H26N4O. The Balaban J connectivity index is 1.68. The summed E-state index contributed by atoms with van der Waals surface area (Å²) in [6, 6.07) is 11.6. The van der Waals surface area contributed by atoms with Gasteiger partial charge in [0.15, 0.2) is 0 Å². The van der Waals surface area contributed by atoms with Gasteiger partial charge in [0.25, 0.3) is 5.91 Å². The summed E-state index contributed by atoms with van der Waals surface area (Å²) in [4.78, 5) is 21.1. The molecule has 5 nitrogen and oxygen atoms in total. The number of rotatable bonds is 4. The maximum absolute atomic E-state index is 12.5. The third-order valence-corrected chi connectivity index (χ3v) is 4.77. The van der Waals surface area contributed by atoms with Gasteiger partial charge in [0.2, 0.25) is 0 Å². The van der Waals surface area contributed by atoms with Crippen molar-refractivity contribution >= 4 is 23.0 Å². The van der Waals surface area contributed by atoms with Crippen molar-refractivity contribution in [3.8, 4) is 0 Å². The molecule has 2 aromatic rings. The number of nitrogens with zero attached hydrogens (tertiary/aromatic N) is 3. The van der Waals surface area contributed by atoms with Gasteiger partial charge >= 0.3 is 0 Å². The number of carbonyl (C=O) groups is 1. The minimum Gasteiger partial charge on any atom is -0.378 e. The number of nitrogens with one attached hydrogen (secondary N) is 1. The number of benzene rings is 1. The Labute approximate surface area is 149 Å². The molecule has 3 rings (SSSR count). The van der Waals surface area contributed by atoms with Gasteiger partial charge in [-0.2, -0.15) is 0 Å². The van der Waals surface area contributed by atoms with E-state index in [-0.39, 0.29) is 5.91 Å². The summed E-state index contributed by atoms with van der Waals surface area (Å²) < 4.78 is 0. The average Bonchev–Trinajstić information content (AvgIpc) is 2.63. The predicted octanol–water partition coefficient (Wildman–Crippen LogP) is 3.64. The zero-order valence-corrected chi connectivity index (χ0v) is 15.2. The van der Waals surface area contributed by atoms with E-state index in [1.165, 1.54) is 12.8 Å². The van der Waals surface area contributed by atoms with Crippen molar-refractivity contribution in [3.63, 3.8) is 0 Å². The minimum absolute atomic E-state index is 0.176. The first-order valence-electron chi connectivity index (χ1n) is 8.82. The van der Waals surface area contributed by atoms with Crippen LogP contribution in [0.4, 0.5) is 17.1 Å². The summed E-state index contributed by atoms with van der Waals surface area (Å²) in [5, 5.41) is 2.92. The van der Waals surface area contributed by atoms with Crippen LogP contribution in [0.15, 0.2) is 42.6 Å². The smallest absolute Gasteiger partial charge is 0.274 e. The van der Waals surface area contributed by atoms with Crippen LogP contribution in [-0.2, 0) is 0 Å². The van der Waals surface area contributed by atoms with E-state index in [0.717, 1.165) is 36.1 Å². The molecular weight excluding hydrogens is 312 g/mol. The Kier molecular flexibility index (Phi) is 5.22. The monoisotopic (exact) mass is 338 g/mol. The number of anilines is 3. The second-order valence-corrected chi connectivity index (χ2v) is 6.96. The number of aromatic nitrogens is 1. The SMILES string of the molecule is CC1CCN(c2ccnc(C(=O)Nc3ccc(N(C)C)cc3)c2)CC1. The highest BCUT2D eigenvalue weighted by molar-refractivity contribution is 6.03. The maximum Gasteiger partial charge on any atom is 0.274 e. The van der Waals surface area contributed by atoms with Gasteiger partial charge in [0.1, 0.15) is 5.69 Å². The number of carbonyl (C=O) groups excluding carboxylic acids is 1. The predicted molar refractivity (Wildman–Crippen MR) is 104 cm³/mol. The fraction of sp³-hybridized carbons (Fsp3) is 0.400. The van der Waals surface area contributed by atoms with Gasteiger partial charge in [0, 0.05) is 50.4 Å². The molecule has 1 aromatic carbocycles. The van der Waals surface area contributed by atoms with Crippen LogP contribution in [0.25, 0.3) is 0 Å². The second kappa shape index (κ2) is 7.55. The van der Waals surface area contributed by atoms with E-state index in [0.29, 0.717) is 5.69 Å². The number of pyridine rings is 1. The molecule has 5 heteroatoms. The topological polar surface area (TPSA) is 48.5 Å². The minimum atomic E-state index is -0.176. The number of hydrogen-bond donors (Lipinski definition) is 1. The molecule has 1 N–H and O–H groups in total. The standard InChI is InChI=1S/C20H26N4O/c1-15-9-12-24(13-10-15)18-8-11-21-19(14-18)20(25)22-16-4-6-17(7-5-16)23(2)3/h4-8,11,14-15H,9-10,12-13H2,1-3H3,(H,22,25). The maximum atomic E-state index is 12.5. The molecule has 25 heavy (non-hydrogen) atoms. The highest BCUT2D eigenvalue weighted by Crippen LogP contribution is 2.23. The lowest BCUT2D eigenvalue weighted by atomic mass is 9.99. The van der Waals surface area contributed by atoms with E-state index >= 15 is 0 Å². The summed E-state index contributed by atoms with van der Waals surface area (Å²) in [7, 11) is 3.98. The second-order valence-electron chi connectivity index (χ2n) is 6.96. The molecule has 0 saturated carbocycles. The molecule has 0 spiro atoms. The van der Waals surface area contributed by atoms with Gasteiger partial charge in [-0.15, -0.1) is 0 Å². The van der Waals surface area contributed by atoms with Crippen molar-refractivity contribution in [2.24, 2.45) is 5.92 Å². The molecule has 1 aromatic heterocycles. The lowest BCUT2D eigenvalue weighted by molar-refractivity contribution is 0.102. The first-order valence-corrected chi connectivity index (χ1v) is 8.82. The van der Waals surface area contributed by atoms with Crippen LogP contribution in [-0.4, -0.2) is 38.1 Å². The highest BCUT2D eigenvalue weighted by Gasteiger charge is 2.17. The van der Waals surface area contributed by atoms with Crippen LogP contribution < -0.4 is 15.1 Å². The number of piperidine rings is 1. The molecule has 1 saturated heterocycles. The van der Waals surface area contributed by atoms with Crippen LogP contribution in [0.3, 0.4) is 0 Å². The molecule has 2 heterocycles. The van der Waals surface area contributed by atoms with Crippen molar-refractivity contribution in [1.82, 2.24) is 4.98 Å². The van der Waals surface area contributed by atoms with Crippen molar-refractivity contribution in [2.75, 3.05) is 42.3 Å². The van der Waals surface area contributed by atoms with E-state index in [4.69, 9.17) is 0 Å². The van der Waals surface area contributed by atoms with E-state index in [9.17, 15) is 4.79 Å². The van der Waals surface area contributed by atoms with E-state index in [2.05, 4.69) is 22.1 Å². The van der Waals surface area contributed by atoms with Crippen molar-refractivity contribution in [1.29, 1.82) is 0 Å². The fourth-order valence-electron chi connectivity index (χ4n) is 3.05. The van der Waals surface area contributed by atoms with Gasteiger partial charge in [-0.05, 0) is 55.2 Å². The first kappa shape index (κ1) is 17.3. The molecule has 1 fully saturated rings. The van der Waals surface area contributed by atoms with Gasteiger partial charge < -0.3 is 15.1 Å². The number of hydrogen-bond acceptors (Lipinski definition) is 4. The normalized spacial score (nSPS) is 15.1. The van der Waals surface area contributed by atoms with Gasteiger partial charge in [-0.3, -0.25) is 9.78 Å². The van der Waals surface area contributed by atoms with Crippen molar-refractivity contribution in [2.45, 2.75) is 19.8 Å². The third kappa shape index (κ3) is 4.29. The van der Waals surface area contributed by atoms with Crippen LogP contribution >= 0.6 is 0 Å². The summed E-state index contributed by atoms with van der Waals surface area (Å²) in [5.74, 6) is 0.607. The molecule has 1 aliphatic rings. The molecule has 1 amide bonds. The lowest BCUT2D eigenvalue weighted by Gasteiger charge is -2.32. The van der Waals surface area contributed by atoms with E-state index < -0.39 is 0 Å².